The Kier molecular flexibility index (Phi) is 44.3. The fourth-order valence-electron chi connectivity index (χ4n) is 6.58. The summed E-state index contributed by atoms with van der Waals surface area (Å²) >= 11 is 0. The molecule has 0 spiro atoms. The zero-order chi connectivity index (χ0) is 41.6. The molecule has 334 valence electrons. The minimum absolute atomic E-state index is 0.0974. The van der Waals surface area contributed by atoms with E-state index < -0.39 is 13.9 Å². The van der Waals surface area contributed by atoms with E-state index in [9.17, 15) is 14.3 Å². The van der Waals surface area contributed by atoms with Gasteiger partial charge in [0.25, 0.3) is 0 Å². The second kappa shape index (κ2) is 45.5. The largest absolute Gasteiger partial charge is 0.472 e. The summed E-state index contributed by atoms with van der Waals surface area (Å²) in [6.07, 6.45) is 54.2. The first kappa shape index (κ1) is 55.5. The van der Waals surface area contributed by atoms with Gasteiger partial charge in [-0.05, 0) is 51.4 Å². The number of phosphoric acid groups is 1. The number of ether oxygens (including phenoxy) is 2. The molecule has 0 rings (SSSR count). The topological polar surface area (TPSA) is 117 Å². The Morgan fingerprint density at radius 2 is 0.982 bits per heavy atom. The fraction of sp³-hybridized carbons (Fsp3) is 0.812. The van der Waals surface area contributed by atoms with Crippen molar-refractivity contribution in [3.05, 3.63) is 48.6 Å². The summed E-state index contributed by atoms with van der Waals surface area (Å²) in [6.45, 7) is 4.82. The Labute approximate surface area is 351 Å². The summed E-state index contributed by atoms with van der Waals surface area (Å²) in [5.41, 5.74) is 5.38. The smallest absolute Gasteiger partial charge is 0.457 e. The molecule has 0 aliphatic heterocycles. The average molecular weight is 824 g/mol. The lowest BCUT2D eigenvalue weighted by atomic mass is 10.0. The molecule has 2 atom stereocenters. The van der Waals surface area contributed by atoms with Crippen molar-refractivity contribution in [2.75, 3.05) is 33.0 Å². The van der Waals surface area contributed by atoms with E-state index in [0.717, 1.165) is 70.6 Å². The number of esters is 1. The van der Waals surface area contributed by atoms with E-state index in [1.54, 1.807) is 0 Å². The third kappa shape index (κ3) is 45.4. The van der Waals surface area contributed by atoms with E-state index in [-0.39, 0.29) is 32.3 Å². The first-order valence-electron chi connectivity index (χ1n) is 23.6. The Bertz CT molecular complexity index is 1010. The number of carbonyl (C=O) groups excluding carboxylic acids is 1. The Balaban J connectivity index is 4.00. The molecule has 3 N–H and O–H groups in total. The van der Waals surface area contributed by atoms with Crippen LogP contribution in [0.15, 0.2) is 48.6 Å². The van der Waals surface area contributed by atoms with Crippen molar-refractivity contribution in [2.45, 2.75) is 219 Å². The summed E-state index contributed by atoms with van der Waals surface area (Å²) in [5.74, 6) is -0.342. The number of carbonyl (C=O) groups is 1. The molecular formula is C48H90NO7P. The van der Waals surface area contributed by atoms with Gasteiger partial charge in [0.1, 0.15) is 6.10 Å². The molecule has 0 bridgehead atoms. The van der Waals surface area contributed by atoms with Crippen molar-refractivity contribution in [3.8, 4) is 0 Å². The molecule has 0 saturated carbocycles. The van der Waals surface area contributed by atoms with E-state index in [0.29, 0.717) is 13.0 Å². The van der Waals surface area contributed by atoms with Crippen molar-refractivity contribution < 1.29 is 32.8 Å². The van der Waals surface area contributed by atoms with E-state index in [1.807, 2.05) is 0 Å². The van der Waals surface area contributed by atoms with E-state index >= 15 is 0 Å². The third-order valence-electron chi connectivity index (χ3n) is 10.0. The number of rotatable bonds is 45. The molecule has 0 amide bonds. The van der Waals surface area contributed by atoms with Crippen molar-refractivity contribution in [1.82, 2.24) is 0 Å². The van der Waals surface area contributed by atoms with Crippen molar-refractivity contribution in [2.24, 2.45) is 5.73 Å². The Morgan fingerprint density at radius 1 is 0.544 bits per heavy atom. The van der Waals surface area contributed by atoms with Crippen LogP contribution in [-0.2, 0) is 27.9 Å². The van der Waals surface area contributed by atoms with Crippen LogP contribution in [0.2, 0.25) is 0 Å². The molecule has 57 heavy (non-hydrogen) atoms. The fourth-order valence-corrected chi connectivity index (χ4v) is 7.34. The Morgan fingerprint density at radius 3 is 1.47 bits per heavy atom. The molecule has 0 saturated heterocycles. The van der Waals surface area contributed by atoms with Gasteiger partial charge in [0, 0.05) is 19.6 Å². The number of phosphoric ester groups is 1. The molecule has 0 aromatic carbocycles. The molecule has 0 aromatic rings. The van der Waals surface area contributed by atoms with Crippen LogP contribution in [0, 0.1) is 0 Å². The number of unbranched alkanes of at least 4 members (excludes halogenated alkanes) is 24. The molecule has 2 unspecified atom stereocenters. The van der Waals surface area contributed by atoms with Crippen LogP contribution in [0.25, 0.3) is 0 Å². The van der Waals surface area contributed by atoms with E-state index in [4.69, 9.17) is 24.3 Å². The number of hydrogen-bond acceptors (Lipinski definition) is 7. The van der Waals surface area contributed by atoms with Crippen LogP contribution in [0.1, 0.15) is 213 Å². The predicted molar refractivity (Wildman–Crippen MR) is 243 cm³/mol. The maximum atomic E-state index is 12.6. The van der Waals surface area contributed by atoms with Gasteiger partial charge in [-0.3, -0.25) is 13.8 Å². The van der Waals surface area contributed by atoms with Gasteiger partial charge in [-0.15, -0.1) is 0 Å². The molecule has 0 aromatic heterocycles. The highest BCUT2D eigenvalue weighted by atomic mass is 31.2. The van der Waals surface area contributed by atoms with Gasteiger partial charge in [-0.1, -0.05) is 204 Å². The Hall–Kier alpha value is -1.54. The first-order chi connectivity index (χ1) is 27.9. The zero-order valence-corrected chi connectivity index (χ0v) is 38.0. The monoisotopic (exact) mass is 824 g/mol. The molecule has 8 nitrogen and oxygen atoms in total. The van der Waals surface area contributed by atoms with Crippen molar-refractivity contribution in [1.29, 1.82) is 0 Å². The quantitative estimate of drug-likeness (QED) is 0.0270. The molecule has 9 heteroatoms. The third-order valence-corrected chi connectivity index (χ3v) is 11.0. The van der Waals surface area contributed by atoms with Crippen LogP contribution in [0.3, 0.4) is 0 Å². The van der Waals surface area contributed by atoms with Crippen LogP contribution >= 0.6 is 7.82 Å². The summed E-state index contributed by atoms with van der Waals surface area (Å²) < 4.78 is 33.5. The highest BCUT2D eigenvalue weighted by molar-refractivity contribution is 7.47. The van der Waals surface area contributed by atoms with Gasteiger partial charge < -0.3 is 20.1 Å². The first-order valence-corrected chi connectivity index (χ1v) is 25.1. The van der Waals surface area contributed by atoms with Crippen LogP contribution in [0.5, 0.6) is 0 Å². The highest BCUT2D eigenvalue weighted by Crippen LogP contribution is 2.43. The lowest BCUT2D eigenvalue weighted by molar-refractivity contribution is -0.154. The van der Waals surface area contributed by atoms with Gasteiger partial charge in [0.15, 0.2) is 0 Å². The second-order valence-electron chi connectivity index (χ2n) is 15.6. The maximum Gasteiger partial charge on any atom is 0.472 e. The summed E-state index contributed by atoms with van der Waals surface area (Å²) in [4.78, 5) is 22.5. The SMILES string of the molecule is CC/C=C\C/C=C\C/C=C\C/C=C\CCCCCCCCC(=O)OC(COCCCCCCCCCCCCCCCCCCCCC)COP(=O)(O)OCCN. The van der Waals surface area contributed by atoms with Crippen LogP contribution in [0.4, 0.5) is 0 Å². The predicted octanol–water partition coefficient (Wildman–Crippen LogP) is 14.4. The van der Waals surface area contributed by atoms with Crippen LogP contribution < -0.4 is 5.73 Å². The van der Waals surface area contributed by atoms with Gasteiger partial charge in [-0.2, -0.15) is 0 Å². The molecule has 0 radical (unpaired) electrons. The number of hydrogen-bond donors (Lipinski definition) is 2. The highest BCUT2D eigenvalue weighted by Gasteiger charge is 2.25. The van der Waals surface area contributed by atoms with Gasteiger partial charge in [-0.25, -0.2) is 4.57 Å². The molecular weight excluding hydrogens is 734 g/mol. The lowest BCUT2D eigenvalue weighted by Gasteiger charge is -2.20. The standard InChI is InChI=1S/C48H90NO7P/c1-3-5-7-9-11-13-15-17-19-21-23-25-27-29-31-33-35-37-39-41-48(50)56-47(46-55-57(51,52)54-44-42-49)45-53-43-40-38-36-34-32-30-28-26-24-22-20-18-16-14-12-10-8-6-4-2/h5,7,11,13,17,19,23,25,47H,3-4,6,8-10,12,14-16,18,20-22,24,26-46,49H2,1-2H3,(H,51,52)/b7-5-,13-11-,19-17-,25-23-. The summed E-state index contributed by atoms with van der Waals surface area (Å²) in [5, 5.41) is 0. The van der Waals surface area contributed by atoms with E-state index in [1.165, 1.54) is 122 Å². The van der Waals surface area contributed by atoms with Crippen molar-refractivity contribution >= 4 is 13.8 Å². The normalized spacial score (nSPS) is 13.8. The average Bonchev–Trinajstić information content (AvgIpc) is 3.20. The second-order valence-corrected chi connectivity index (χ2v) is 17.1. The van der Waals surface area contributed by atoms with Crippen LogP contribution in [-0.4, -0.2) is 49.9 Å². The molecule has 0 aliphatic rings. The van der Waals surface area contributed by atoms with Gasteiger partial charge in [0.05, 0.1) is 19.8 Å². The van der Waals surface area contributed by atoms with Crippen molar-refractivity contribution in [3.63, 3.8) is 0 Å². The molecule has 0 aliphatic carbocycles. The minimum Gasteiger partial charge on any atom is -0.457 e. The number of nitrogens with two attached hydrogens (primary N) is 1. The minimum atomic E-state index is -4.28. The molecule has 0 fully saturated rings. The van der Waals surface area contributed by atoms with E-state index in [2.05, 4.69) is 62.5 Å². The molecule has 0 heterocycles. The summed E-state index contributed by atoms with van der Waals surface area (Å²) in [7, 11) is -4.28. The zero-order valence-electron chi connectivity index (χ0n) is 37.1. The lowest BCUT2D eigenvalue weighted by Crippen LogP contribution is -2.28. The van der Waals surface area contributed by atoms with Gasteiger partial charge >= 0.3 is 13.8 Å². The maximum absolute atomic E-state index is 12.6. The number of allylic oxidation sites excluding steroid dienone is 8. The van der Waals surface area contributed by atoms with Gasteiger partial charge in [0.2, 0.25) is 0 Å². The summed E-state index contributed by atoms with van der Waals surface area (Å²) in [6, 6.07) is 0.